The van der Waals surface area contributed by atoms with Crippen LogP contribution in [-0.4, -0.2) is 42.2 Å². The Labute approximate surface area is 205 Å². The lowest BCUT2D eigenvalue weighted by molar-refractivity contribution is -0.936. The molecule has 8 heteroatoms. The van der Waals surface area contributed by atoms with Crippen LogP contribution in [0, 0.1) is 16.0 Å². The van der Waals surface area contributed by atoms with Gasteiger partial charge in [-0.15, -0.1) is 0 Å². The Morgan fingerprint density at radius 3 is 2.11 bits per heavy atom. The van der Waals surface area contributed by atoms with Crippen molar-refractivity contribution in [1.82, 2.24) is 0 Å². The van der Waals surface area contributed by atoms with Crippen molar-refractivity contribution in [3.63, 3.8) is 0 Å². The van der Waals surface area contributed by atoms with Gasteiger partial charge in [-0.3, -0.25) is 10.1 Å². The number of nitro benzene ring substituents is 1. The molecule has 0 radical (unpaired) electrons. The Kier molecular flexibility index (Phi) is 9.16. The summed E-state index contributed by atoms with van der Waals surface area (Å²) in [7, 11) is 0. The van der Waals surface area contributed by atoms with Crippen molar-refractivity contribution < 1.29 is 27.3 Å². The molecule has 1 heterocycles. The highest BCUT2D eigenvalue weighted by atomic mass is 19.4. The van der Waals surface area contributed by atoms with E-state index in [2.05, 4.69) is 13.8 Å². The molecule has 0 saturated carbocycles. The lowest BCUT2D eigenvalue weighted by Gasteiger charge is -2.47. The summed E-state index contributed by atoms with van der Waals surface area (Å²) in [6.45, 7) is 9.00. The third-order valence-corrected chi connectivity index (χ3v) is 7.26. The van der Waals surface area contributed by atoms with Crippen molar-refractivity contribution in [1.29, 1.82) is 0 Å². The monoisotopic (exact) mass is 493 g/mol. The van der Waals surface area contributed by atoms with Crippen molar-refractivity contribution in [3.8, 4) is 5.75 Å². The number of hydrogen-bond donors (Lipinski definition) is 0. The van der Waals surface area contributed by atoms with Crippen LogP contribution in [0.4, 0.5) is 18.9 Å². The first-order valence-corrected chi connectivity index (χ1v) is 12.6. The number of non-ortho nitro benzene ring substituents is 1. The molecule has 1 aliphatic heterocycles. The number of likely N-dealkylation sites (tertiary alicyclic amines) is 1. The minimum Gasteiger partial charge on any atom is -0.493 e. The summed E-state index contributed by atoms with van der Waals surface area (Å²) in [6.07, 6.45) is 1.14. The van der Waals surface area contributed by atoms with Gasteiger partial charge in [0.1, 0.15) is 5.75 Å². The second kappa shape index (κ2) is 11.9. The maximum atomic E-state index is 12.9. The van der Waals surface area contributed by atoms with Gasteiger partial charge in [-0.2, -0.15) is 13.2 Å². The predicted octanol–water partition coefficient (Wildman–Crippen LogP) is 7.21. The molecule has 1 aliphatic rings. The normalized spacial score (nSPS) is 19.9. The number of alkyl halides is 3. The maximum Gasteiger partial charge on any atom is 0.416 e. The summed E-state index contributed by atoms with van der Waals surface area (Å²) in [5.41, 5.74) is 0.430. The van der Waals surface area contributed by atoms with E-state index in [1.54, 1.807) is 12.1 Å². The van der Waals surface area contributed by atoms with Crippen LogP contribution in [-0.2, 0) is 6.18 Å². The minimum absolute atomic E-state index is 0.0677. The lowest BCUT2D eigenvalue weighted by Crippen LogP contribution is -2.57. The Balaban J connectivity index is 1.82. The van der Waals surface area contributed by atoms with Gasteiger partial charge in [-0.1, -0.05) is 38.8 Å². The van der Waals surface area contributed by atoms with Gasteiger partial charge in [0.25, 0.3) is 5.69 Å². The number of halogens is 3. The number of quaternary nitrogens is 1. The van der Waals surface area contributed by atoms with Crippen LogP contribution in [0.3, 0.4) is 0 Å². The number of rotatable bonds is 11. The minimum atomic E-state index is -4.38. The summed E-state index contributed by atoms with van der Waals surface area (Å²) in [5.74, 6) is 0.757. The van der Waals surface area contributed by atoms with E-state index in [1.165, 1.54) is 12.1 Å². The number of piperidine rings is 1. The van der Waals surface area contributed by atoms with E-state index in [0.29, 0.717) is 12.4 Å². The van der Waals surface area contributed by atoms with Crippen LogP contribution < -0.4 is 4.74 Å². The fourth-order valence-electron chi connectivity index (χ4n) is 5.26. The molecular weight excluding hydrogens is 457 g/mol. The molecule has 2 aromatic carbocycles. The summed E-state index contributed by atoms with van der Waals surface area (Å²) in [5, 5.41) is 11.1. The van der Waals surface area contributed by atoms with E-state index >= 15 is 0 Å². The molecule has 0 N–H and O–H groups in total. The van der Waals surface area contributed by atoms with Crippen molar-refractivity contribution in [2.75, 3.05) is 32.8 Å². The number of nitro groups is 1. The summed E-state index contributed by atoms with van der Waals surface area (Å²) < 4.78 is 45.8. The van der Waals surface area contributed by atoms with Gasteiger partial charge in [0, 0.05) is 30.4 Å². The topological polar surface area (TPSA) is 52.4 Å². The summed E-state index contributed by atoms with van der Waals surface area (Å²) >= 11 is 0. The molecule has 0 bridgehead atoms. The highest BCUT2D eigenvalue weighted by Gasteiger charge is 2.41. The van der Waals surface area contributed by atoms with E-state index < -0.39 is 16.7 Å². The number of hydrogen-bond acceptors (Lipinski definition) is 3. The van der Waals surface area contributed by atoms with Crippen molar-refractivity contribution in [2.45, 2.75) is 58.0 Å². The molecule has 1 fully saturated rings. The van der Waals surface area contributed by atoms with Gasteiger partial charge >= 0.3 is 6.18 Å². The van der Waals surface area contributed by atoms with Crippen LogP contribution >= 0.6 is 0 Å². The van der Waals surface area contributed by atoms with E-state index in [4.69, 9.17) is 4.74 Å². The average molecular weight is 494 g/mol. The maximum absolute atomic E-state index is 12.9. The highest BCUT2D eigenvalue weighted by molar-refractivity contribution is 5.35. The van der Waals surface area contributed by atoms with Gasteiger partial charge in [0.05, 0.1) is 43.3 Å². The van der Waals surface area contributed by atoms with E-state index in [0.717, 1.165) is 80.5 Å². The standard InChI is InChI=1S/C27H36F3N2O3/c1-3-5-16-32(17-6-4-2)18-15-26(21-7-11-24(12-8-21)31(33)34)22(19-32)20-35-25-13-9-23(10-14-25)27(28,29)30/h7-14,22,26H,3-6,15-20H2,1-2H3/q+1/t22-,26+/m1/s1. The van der Waals surface area contributed by atoms with Crippen molar-refractivity contribution in [2.24, 2.45) is 5.92 Å². The van der Waals surface area contributed by atoms with E-state index in [-0.39, 0.29) is 17.5 Å². The molecular formula is C27H36F3N2O3+. The fourth-order valence-corrected chi connectivity index (χ4v) is 5.26. The van der Waals surface area contributed by atoms with E-state index in [9.17, 15) is 23.3 Å². The predicted molar refractivity (Wildman–Crippen MR) is 130 cm³/mol. The molecule has 35 heavy (non-hydrogen) atoms. The molecule has 5 nitrogen and oxygen atoms in total. The zero-order valence-corrected chi connectivity index (χ0v) is 20.6. The zero-order valence-electron chi connectivity index (χ0n) is 20.6. The SMILES string of the molecule is CCCC[N+]1(CCCC)CC[C@@H](c2ccc([N+](=O)[O-])cc2)[C@@H](COc2ccc(C(F)(F)F)cc2)C1. The van der Waals surface area contributed by atoms with E-state index in [1.807, 2.05) is 12.1 Å². The Bertz CT molecular complexity index is 938. The summed E-state index contributed by atoms with van der Waals surface area (Å²) in [4.78, 5) is 10.7. The quantitative estimate of drug-likeness (QED) is 0.189. The van der Waals surface area contributed by atoms with Gasteiger partial charge in [0.15, 0.2) is 0 Å². The molecule has 2 aromatic rings. The van der Waals surface area contributed by atoms with Crippen LogP contribution in [0.15, 0.2) is 48.5 Å². The molecule has 0 unspecified atom stereocenters. The fraction of sp³-hybridized carbons (Fsp3) is 0.556. The number of benzene rings is 2. The Morgan fingerprint density at radius 2 is 1.60 bits per heavy atom. The molecule has 0 spiro atoms. The van der Waals surface area contributed by atoms with Crippen LogP contribution in [0.5, 0.6) is 5.75 Å². The third kappa shape index (κ3) is 7.19. The van der Waals surface area contributed by atoms with Gasteiger partial charge < -0.3 is 9.22 Å². The third-order valence-electron chi connectivity index (χ3n) is 7.26. The van der Waals surface area contributed by atoms with Crippen LogP contribution in [0.25, 0.3) is 0 Å². The molecule has 2 atom stereocenters. The first kappa shape index (κ1) is 27.0. The molecule has 0 amide bonds. The van der Waals surface area contributed by atoms with Gasteiger partial charge in [-0.25, -0.2) is 0 Å². The number of unbranched alkanes of at least 4 members (excludes halogenated alkanes) is 2. The smallest absolute Gasteiger partial charge is 0.416 e. The van der Waals surface area contributed by atoms with Crippen LogP contribution in [0.2, 0.25) is 0 Å². The summed E-state index contributed by atoms with van der Waals surface area (Å²) in [6, 6.07) is 11.6. The molecule has 0 aromatic heterocycles. The second-order valence-corrected chi connectivity index (χ2v) is 9.74. The van der Waals surface area contributed by atoms with Crippen molar-refractivity contribution in [3.05, 3.63) is 69.8 Å². The second-order valence-electron chi connectivity index (χ2n) is 9.74. The first-order chi connectivity index (χ1) is 16.7. The molecule has 0 aliphatic carbocycles. The number of nitrogens with zero attached hydrogens (tertiary/aromatic N) is 2. The number of ether oxygens (including phenoxy) is 1. The highest BCUT2D eigenvalue weighted by Crippen LogP contribution is 2.38. The molecule has 192 valence electrons. The van der Waals surface area contributed by atoms with Gasteiger partial charge in [0.2, 0.25) is 0 Å². The van der Waals surface area contributed by atoms with Crippen LogP contribution in [0.1, 0.15) is 63.0 Å². The zero-order chi connectivity index (χ0) is 25.5. The average Bonchev–Trinajstić information content (AvgIpc) is 2.85. The van der Waals surface area contributed by atoms with Crippen molar-refractivity contribution >= 4 is 5.69 Å². The molecule has 1 saturated heterocycles. The van der Waals surface area contributed by atoms with Gasteiger partial charge in [-0.05, 0) is 42.7 Å². The first-order valence-electron chi connectivity index (χ1n) is 12.6. The lowest BCUT2D eigenvalue weighted by atomic mass is 9.79. The Morgan fingerprint density at radius 1 is 1.00 bits per heavy atom. The Hall–Kier alpha value is -2.61. The molecule has 3 rings (SSSR count). The largest absolute Gasteiger partial charge is 0.493 e.